The molecule has 0 saturated carbocycles. The van der Waals surface area contributed by atoms with E-state index in [1.807, 2.05) is 13.8 Å². The van der Waals surface area contributed by atoms with Gasteiger partial charge in [0.25, 0.3) is 11.7 Å². The Labute approximate surface area is 218 Å². The molecule has 0 radical (unpaired) electrons. The van der Waals surface area contributed by atoms with Gasteiger partial charge in [-0.3, -0.25) is 14.5 Å². The van der Waals surface area contributed by atoms with Crippen LogP contribution in [0.4, 0.5) is 5.69 Å². The van der Waals surface area contributed by atoms with E-state index in [1.165, 1.54) is 4.90 Å². The Balaban J connectivity index is 1.69. The lowest BCUT2D eigenvalue weighted by Gasteiger charge is -2.26. The normalized spacial score (nSPS) is 17.8. The number of nitrogens with zero attached hydrogens (tertiary/aromatic N) is 1. The van der Waals surface area contributed by atoms with E-state index < -0.39 is 17.7 Å². The van der Waals surface area contributed by atoms with Gasteiger partial charge in [-0.15, -0.1) is 0 Å². The lowest BCUT2D eigenvalue weighted by molar-refractivity contribution is -0.132. The van der Waals surface area contributed by atoms with Crippen LogP contribution in [-0.2, 0) is 9.59 Å². The minimum Gasteiger partial charge on any atom is -0.507 e. The highest BCUT2D eigenvalue weighted by atomic mass is 35.5. The van der Waals surface area contributed by atoms with Crippen molar-refractivity contribution in [3.05, 3.63) is 82.4 Å². The van der Waals surface area contributed by atoms with Gasteiger partial charge in [0, 0.05) is 22.8 Å². The molecule has 2 aliphatic rings. The van der Waals surface area contributed by atoms with E-state index in [4.69, 9.17) is 30.5 Å². The number of aliphatic hydroxyl groups is 1. The first-order valence-electron chi connectivity index (χ1n) is 11.8. The second kappa shape index (κ2) is 10.1. The van der Waals surface area contributed by atoms with Crippen LogP contribution in [0.1, 0.15) is 31.0 Å². The summed E-state index contributed by atoms with van der Waals surface area (Å²) in [5, 5.41) is 12.0. The molecular weight excluding hydrogens is 498 g/mol. The Hall–Kier alpha value is -4.17. The highest BCUT2D eigenvalue weighted by Gasteiger charge is 2.47. The largest absolute Gasteiger partial charge is 0.507 e. The number of hydrogen-bond donors (Lipinski definition) is 1. The van der Waals surface area contributed by atoms with Crippen LogP contribution in [0.25, 0.3) is 5.76 Å². The second-order valence-electron chi connectivity index (χ2n) is 8.28. The van der Waals surface area contributed by atoms with Crippen molar-refractivity contribution in [2.75, 3.05) is 24.9 Å². The van der Waals surface area contributed by atoms with Gasteiger partial charge in [-0.25, -0.2) is 0 Å². The number of rotatable bonds is 7. The van der Waals surface area contributed by atoms with Crippen molar-refractivity contribution < 1.29 is 33.6 Å². The summed E-state index contributed by atoms with van der Waals surface area (Å²) in [7, 11) is 0. The third-order valence-electron chi connectivity index (χ3n) is 6.08. The minimum atomic E-state index is -0.932. The molecule has 2 aliphatic heterocycles. The van der Waals surface area contributed by atoms with E-state index in [2.05, 4.69) is 0 Å². The number of ketones is 1. The molecule has 1 N–H and O–H groups in total. The second-order valence-corrected chi connectivity index (χ2v) is 8.72. The highest BCUT2D eigenvalue weighted by Crippen LogP contribution is 2.46. The standard InChI is InChI=1S/C28H24ClNO7/c1-3-34-19-10-11-20(22(14-19)35-4-2)26(31)24-25(16-5-7-17(29)8-6-16)30(28(33)27(24)32)18-9-12-21-23(13-18)37-15-36-21/h5-14,25,31H,3-4,15H2,1-2H3/b26-24+. The molecule has 2 heterocycles. The van der Waals surface area contributed by atoms with Crippen LogP contribution in [0.3, 0.4) is 0 Å². The first kappa shape index (κ1) is 24.5. The molecule has 1 unspecified atom stereocenters. The molecule has 190 valence electrons. The molecule has 9 heteroatoms. The molecular formula is C28H24ClNO7. The van der Waals surface area contributed by atoms with E-state index in [1.54, 1.807) is 60.7 Å². The maximum atomic E-state index is 13.5. The van der Waals surface area contributed by atoms with Gasteiger partial charge in [-0.1, -0.05) is 23.7 Å². The van der Waals surface area contributed by atoms with Crippen molar-refractivity contribution in [2.45, 2.75) is 19.9 Å². The fraction of sp³-hybridized carbons (Fsp3) is 0.214. The average molecular weight is 522 g/mol. The number of halogens is 1. The molecule has 1 saturated heterocycles. The van der Waals surface area contributed by atoms with Crippen molar-refractivity contribution in [3.63, 3.8) is 0 Å². The lowest BCUT2D eigenvalue weighted by Crippen LogP contribution is -2.29. The number of Topliss-reactive ketones (excluding diaryl/α,β-unsaturated/α-hetero) is 1. The Bertz CT molecular complexity index is 1400. The molecule has 0 aromatic heterocycles. The van der Waals surface area contributed by atoms with Crippen LogP contribution in [0.5, 0.6) is 23.0 Å². The number of ether oxygens (including phenoxy) is 4. The molecule has 1 amide bonds. The van der Waals surface area contributed by atoms with Gasteiger partial charge in [0.2, 0.25) is 6.79 Å². The topological polar surface area (TPSA) is 94.5 Å². The monoisotopic (exact) mass is 521 g/mol. The minimum absolute atomic E-state index is 0.0656. The maximum Gasteiger partial charge on any atom is 0.300 e. The lowest BCUT2D eigenvalue weighted by atomic mass is 9.94. The van der Waals surface area contributed by atoms with Crippen molar-refractivity contribution >= 4 is 34.7 Å². The number of carbonyl (C=O) groups is 2. The average Bonchev–Trinajstić information content (AvgIpc) is 3.46. The third kappa shape index (κ3) is 4.44. The van der Waals surface area contributed by atoms with Crippen molar-refractivity contribution in [1.29, 1.82) is 0 Å². The first-order chi connectivity index (χ1) is 17.9. The Morgan fingerprint density at radius 2 is 1.70 bits per heavy atom. The molecule has 1 atom stereocenters. The number of fused-ring (bicyclic) bond motifs is 1. The molecule has 5 rings (SSSR count). The van der Waals surface area contributed by atoms with Crippen molar-refractivity contribution in [1.82, 2.24) is 0 Å². The summed E-state index contributed by atoms with van der Waals surface area (Å²) in [5.41, 5.74) is 1.21. The predicted molar refractivity (Wildman–Crippen MR) is 138 cm³/mol. The summed E-state index contributed by atoms with van der Waals surface area (Å²) < 4.78 is 22.2. The Morgan fingerprint density at radius 3 is 2.43 bits per heavy atom. The summed E-state index contributed by atoms with van der Waals surface area (Å²) in [6, 6.07) is 15.7. The molecule has 0 bridgehead atoms. The first-order valence-corrected chi connectivity index (χ1v) is 12.2. The van der Waals surface area contributed by atoms with E-state index in [9.17, 15) is 14.7 Å². The molecule has 37 heavy (non-hydrogen) atoms. The van der Waals surface area contributed by atoms with Crippen LogP contribution in [0.15, 0.2) is 66.2 Å². The van der Waals surface area contributed by atoms with E-state index in [-0.39, 0.29) is 23.7 Å². The summed E-state index contributed by atoms with van der Waals surface area (Å²) in [6.45, 7) is 4.51. The molecule has 0 aliphatic carbocycles. The summed E-state index contributed by atoms with van der Waals surface area (Å²) in [5.74, 6) is -0.0880. The summed E-state index contributed by atoms with van der Waals surface area (Å²) in [6.07, 6.45) is 0. The molecule has 3 aromatic rings. The quantitative estimate of drug-likeness (QED) is 0.249. The number of hydrogen-bond acceptors (Lipinski definition) is 7. The number of anilines is 1. The van der Waals surface area contributed by atoms with Gasteiger partial charge in [0.1, 0.15) is 17.3 Å². The van der Waals surface area contributed by atoms with Crippen LogP contribution in [0, 0.1) is 0 Å². The fourth-order valence-electron chi connectivity index (χ4n) is 4.47. The van der Waals surface area contributed by atoms with Gasteiger partial charge < -0.3 is 24.1 Å². The van der Waals surface area contributed by atoms with E-state index in [0.717, 1.165) is 0 Å². The van der Waals surface area contributed by atoms with Crippen molar-refractivity contribution in [2.24, 2.45) is 0 Å². The molecule has 3 aromatic carbocycles. The summed E-state index contributed by atoms with van der Waals surface area (Å²) >= 11 is 6.12. The smallest absolute Gasteiger partial charge is 0.300 e. The van der Waals surface area contributed by atoms with Gasteiger partial charge in [-0.2, -0.15) is 0 Å². The number of amides is 1. The number of carbonyl (C=O) groups excluding carboxylic acids is 2. The van der Waals surface area contributed by atoms with Crippen molar-refractivity contribution in [3.8, 4) is 23.0 Å². The third-order valence-corrected chi connectivity index (χ3v) is 6.34. The van der Waals surface area contributed by atoms with Crippen LogP contribution in [0.2, 0.25) is 5.02 Å². The Morgan fingerprint density at radius 1 is 0.973 bits per heavy atom. The zero-order valence-corrected chi connectivity index (χ0v) is 20.9. The highest BCUT2D eigenvalue weighted by molar-refractivity contribution is 6.51. The summed E-state index contributed by atoms with van der Waals surface area (Å²) in [4.78, 5) is 28.2. The van der Waals surface area contributed by atoms with Gasteiger partial charge in [0.15, 0.2) is 11.5 Å². The molecule has 8 nitrogen and oxygen atoms in total. The van der Waals surface area contributed by atoms with Gasteiger partial charge in [0.05, 0.1) is 30.4 Å². The molecule has 0 spiro atoms. The fourth-order valence-corrected chi connectivity index (χ4v) is 4.60. The van der Waals surface area contributed by atoms with Crippen LogP contribution in [-0.4, -0.2) is 36.8 Å². The number of aliphatic hydroxyl groups excluding tert-OH is 1. The van der Waals surface area contributed by atoms with Crippen LogP contribution < -0.4 is 23.8 Å². The van der Waals surface area contributed by atoms with Gasteiger partial charge in [-0.05, 0) is 55.8 Å². The van der Waals surface area contributed by atoms with Gasteiger partial charge >= 0.3 is 0 Å². The molecule has 1 fully saturated rings. The van der Waals surface area contributed by atoms with Crippen LogP contribution >= 0.6 is 11.6 Å². The predicted octanol–water partition coefficient (Wildman–Crippen LogP) is 5.49. The number of benzene rings is 3. The SMILES string of the molecule is CCOc1ccc(/C(O)=C2\C(=O)C(=O)N(c3ccc4c(c3)OCO4)C2c2ccc(Cl)cc2)c(OCC)c1. The maximum absolute atomic E-state index is 13.5. The van der Waals surface area contributed by atoms with E-state index in [0.29, 0.717) is 52.5 Å². The zero-order valence-electron chi connectivity index (χ0n) is 20.2. The Kier molecular flexibility index (Phi) is 6.67. The zero-order chi connectivity index (χ0) is 26.1. The van der Waals surface area contributed by atoms with E-state index >= 15 is 0 Å².